The lowest BCUT2D eigenvalue weighted by Gasteiger charge is -2.05. The molecule has 1 aromatic rings. The van der Waals surface area contributed by atoms with Crippen molar-refractivity contribution in [3.05, 3.63) is 18.0 Å². The number of alkyl halides is 1. The molecule has 0 bridgehead atoms. The van der Waals surface area contributed by atoms with E-state index in [1.54, 1.807) is 12.4 Å². The second-order valence-electron chi connectivity index (χ2n) is 3.08. The fourth-order valence-corrected chi connectivity index (χ4v) is 0.976. The van der Waals surface area contributed by atoms with Crippen molar-refractivity contribution in [3.8, 4) is 0 Å². The van der Waals surface area contributed by atoms with Crippen molar-refractivity contribution in [2.24, 2.45) is 0 Å². The molecule has 0 spiro atoms. The van der Waals surface area contributed by atoms with E-state index in [1.165, 1.54) is 0 Å². The van der Waals surface area contributed by atoms with E-state index in [2.05, 4.69) is 15.3 Å². The zero-order valence-electron chi connectivity index (χ0n) is 7.92. The van der Waals surface area contributed by atoms with E-state index >= 15 is 0 Å². The first-order valence-corrected chi connectivity index (χ1v) is 4.78. The molecule has 1 rings (SSSR count). The molecule has 0 aromatic carbocycles. The van der Waals surface area contributed by atoms with Gasteiger partial charge in [-0.25, -0.2) is 9.97 Å². The Hall–Kier alpha value is -0.830. The maximum Gasteiger partial charge on any atom is 0.222 e. The lowest BCUT2D eigenvalue weighted by Crippen LogP contribution is -2.08. The summed E-state index contributed by atoms with van der Waals surface area (Å²) < 4.78 is 0. The largest absolute Gasteiger partial charge is 0.354 e. The lowest BCUT2D eigenvalue weighted by molar-refractivity contribution is 0.834. The maximum atomic E-state index is 5.79. The van der Waals surface area contributed by atoms with Crippen LogP contribution in [-0.2, 0) is 0 Å². The van der Waals surface area contributed by atoms with Crippen LogP contribution < -0.4 is 5.32 Å². The third-order valence-electron chi connectivity index (χ3n) is 1.61. The highest BCUT2D eigenvalue weighted by Crippen LogP contribution is 2.02. The lowest BCUT2D eigenvalue weighted by atomic mass is 10.3. The Kier molecular flexibility index (Phi) is 3.96. The topological polar surface area (TPSA) is 37.8 Å². The van der Waals surface area contributed by atoms with Crippen LogP contribution in [0.1, 0.15) is 18.9 Å². The molecule has 0 aliphatic carbocycles. The molecular weight excluding hydrogens is 186 g/mol. The predicted molar refractivity (Wildman–Crippen MR) is 55.2 cm³/mol. The van der Waals surface area contributed by atoms with Crippen LogP contribution in [0.3, 0.4) is 0 Å². The number of aromatic nitrogens is 2. The highest BCUT2D eigenvalue weighted by molar-refractivity contribution is 6.20. The molecule has 4 heteroatoms. The smallest absolute Gasteiger partial charge is 0.222 e. The van der Waals surface area contributed by atoms with Gasteiger partial charge >= 0.3 is 0 Å². The molecule has 3 nitrogen and oxygen atoms in total. The van der Waals surface area contributed by atoms with Gasteiger partial charge in [0.05, 0.1) is 0 Å². The summed E-state index contributed by atoms with van der Waals surface area (Å²) in [5, 5.41) is 3.29. The van der Waals surface area contributed by atoms with E-state index in [9.17, 15) is 0 Å². The molecule has 0 fully saturated rings. The average Bonchev–Trinajstić information content (AvgIpc) is 2.08. The molecular formula is C9H14ClN3. The van der Waals surface area contributed by atoms with Gasteiger partial charge in [0.2, 0.25) is 5.95 Å². The van der Waals surface area contributed by atoms with Crippen LogP contribution >= 0.6 is 11.6 Å². The van der Waals surface area contributed by atoms with Gasteiger partial charge in [-0.1, -0.05) is 0 Å². The minimum Gasteiger partial charge on any atom is -0.354 e. The summed E-state index contributed by atoms with van der Waals surface area (Å²) in [6, 6.07) is 0. The molecule has 1 atom stereocenters. The van der Waals surface area contributed by atoms with E-state index in [1.807, 2.05) is 13.8 Å². The third kappa shape index (κ3) is 4.08. The summed E-state index contributed by atoms with van der Waals surface area (Å²) in [5.41, 5.74) is 1.07. The summed E-state index contributed by atoms with van der Waals surface area (Å²) >= 11 is 5.79. The van der Waals surface area contributed by atoms with Crippen LogP contribution in [0.4, 0.5) is 5.95 Å². The van der Waals surface area contributed by atoms with Crippen molar-refractivity contribution in [2.45, 2.75) is 25.6 Å². The molecule has 1 aromatic heterocycles. The number of anilines is 1. The van der Waals surface area contributed by atoms with Gasteiger partial charge in [-0.3, -0.25) is 0 Å². The first-order valence-electron chi connectivity index (χ1n) is 4.35. The molecule has 0 aliphatic heterocycles. The molecule has 1 unspecified atom stereocenters. The van der Waals surface area contributed by atoms with Crippen LogP contribution in [-0.4, -0.2) is 21.9 Å². The summed E-state index contributed by atoms with van der Waals surface area (Å²) in [6.07, 6.45) is 4.50. The molecule has 72 valence electrons. The Labute approximate surface area is 83.5 Å². The minimum atomic E-state index is 0.193. The highest BCUT2D eigenvalue weighted by Gasteiger charge is 1.97. The summed E-state index contributed by atoms with van der Waals surface area (Å²) in [6.45, 7) is 4.75. The van der Waals surface area contributed by atoms with Gasteiger partial charge in [0.1, 0.15) is 0 Å². The number of aryl methyl sites for hydroxylation is 1. The van der Waals surface area contributed by atoms with Crippen molar-refractivity contribution in [1.82, 2.24) is 9.97 Å². The monoisotopic (exact) mass is 199 g/mol. The summed E-state index contributed by atoms with van der Waals surface area (Å²) in [7, 11) is 0. The molecule has 1 N–H and O–H groups in total. The van der Waals surface area contributed by atoms with E-state index in [0.717, 1.165) is 18.5 Å². The Morgan fingerprint density at radius 3 is 2.62 bits per heavy atom. The Balaban J connectivity index is 2.33. The Bertz CT molecular complexity index is 246. The number of hydrogen-bond donors (Lipinski definition) is 1. The SMILES string of the molecule is Cc1cnc(NCCC(C)Cl)nc1. The van der Waals surface area contributed by atoms with Crippen LogP contribution in [0.25, 0.3) is 0 Å². The average molecular weight is 200 g/mol. The standard InChI is InChI=1S/C9H14ClN3/c1-7-5-12-9(13-6-7)11-4-3-8(2)10/h5-6,8H,3-4H2,1-2H3,(H,11,12,13). The fraction of sp³-hybridized carbons (Fsp3) is 0.556. The van der Waals surface area contributed by atoms with Gasteiger partial charge in [-0.05, 0) is 25.8 Å². The Morgan fingerprint density at radius 1 is 1.46 bits per heavy atom. The van der Waals surface area contributed by atoms with Crippen molar-refractivity contribution in [1.29, 1.82) is 0 Å². The van der Waals surface area contributed by atoms with Crippen molar-refractivity contribution >= 4 is 17.5 Å². The zero-order valence-corrected chi connectivity index (χ0v) is 8.67. The number of rotatable bonds is 4. The highest BCUT2D eigenvalue weighted by atomic mass is 35.5. The first kappa shape index (κ1) is 10.3. The third-order valence-corrected chi connectivity index (χ3v) is 1.82. The van der Waals surface area contributed by atoms with Gasteiger partial charge in [0.15, 0.2) is 0 Å². The van der Waals surface area contributed by atoms with Gasteiger partial charge in [-0.2, -0.15) is 0 Å². The van der Waals surface area contributed by atoms with Crippen LogP contribution in [0, 0.1) is 6.92 Å². The molecule has 1 heterocycles. The number of nitrogens with one attached hydrogen (secondary N) is 1. The van der Waals surface area contributed by atoms with Gasteiger partial charge < -0.3 is 5.32 Å². The summed E-state index contributed by atoms with van der Waals surface area (Å²) in [5.74, 6) is 0.669. The fourth-order valence-electron chi connectivity index (χ4n) is 0.867. The number of hydrogen-bond acceptors (Lipinski definition) is 3. The molecule has 0 saturated heterocycles. The van der Waals surface area contributed by atoms with Crippen LogP contribution in [0.5, 0.6) is 0 Å². The minimum absolute atomic E-state index is 0.193. The summed E-state index contributed by atoms with van der Waals surface area (Å²) in [4.78, 5) is 8.22. The van der Waals surface area contributed by atoms with Gasteiger partial charge in [-0.15, -0.1) is 11.6 Å². The van der Waals surface area contributed by atoms with Crippen LogP contribution in [0.15, 0.2) is 12.4 Å². The maximum absolute atomic E-state index is 5.79. The zero-order chi connectivity index (χ0) is 9.68. The molecule has 0 radical (unpaired) electrons. The molecule has 0 saturated carbocycles. The molecule has 0 amide bonds. The second-order valence-corrected chi connectivity index (χ2v) is 3.83. The van der Waals surface area contributed by atoms with Crippen LogP contribution in [0.2, 0.25) is 0 Å². The van der Waals surface area contributed by atoms with Crippen molar-refractivity contribution in [2.75, 3.05) is 11.9 Å². The first-order chi connectivity index (χ1) is 6.18. The van der Waals surface area contributed by atoms with E-state index in [-0.39, 0.29) is 5.38 Å². The normalized spacial score (nSPS) is 12.5. The van der Waals surface area contributed by atoms with E-state index in [4.69, 9.17) is 11.6 Å². The predicted octanol–water partition coefficient (Wildman–Crippen LogP) is 2.21. The number of nitrogens with zero attached hydrogens (tertiary/aromatic N) is 2. The van der Waals surface area contributed by atoms with Gasteiger partial charge in [0.25, 0.3) is 0 Å². The molecule has 0 aliphatic rings. The number of halogens is 1. The van der Waals surface area contributed by atoms with Crippen molar-refractivity contribution < 1.29 is 0 Å². The van der Waals surface area contributed by atoms with E-state index < -0.39 is 0 Å². The van der Waals surface area contributed by atoms with Gasteiger partial charge in [0, 0.05) is 24.3 Å². The quantitative estimate of drug-likeness (QED) is 0.756. The second kappa shape index (κ2) is 5.02. The van der Waals surface area contributed by atoms with Crippen molar-refractivity contribution in [3.63, 3.8) is 0 Å². The Morgan fingerprint density at radius 2 is 2.08 bits per heavy atom. The molecule has 13 heavy (non-hydrogen) atoms. The van der Waals surface area contributed by atoms with E-state index in [0.29, 0.717) is 5.95 Å².